The van der Waals surface area contributed by atoms with Gasteiger partial charge in [0, 0.05) is 0 Å². The van der Waals surface area contributed by atoms with Crippen molar-refractivity contribution in [2.45, 2.75) is 25.8 Å². The van der Waals surface area contributed by atoms with Gasteiger partial charge in [-0.1, -0.05) is 6.92 Å². The van der Waals surface area contributed by atoms with Crippen LogP contribution in [0.15, 0.2) is 0 Å². The molecular formula is C9H17NO2S. The lowest BCUT2D eigenvalue weighted by molar-refractivity contribution is -0.146. The van der Waals surface area contributed by atoms with E-state index in [9.17, 15) is 4.79 Å². The van der Waals surface area contributed by atoms with E-state index in [0.717, 1.165) is 25.1 Å². The maximum absolute atomic E-state index is 11.4. The molecule has 0 saturated carbocycles. The minimum Gasteiger partial charge on any atom is -0.464 e. The fourth-order valence-corrected chi connectivity index (χ4v) is 1.37. The van der Waals surface area contributed by atoms with Gasteiger partial charge < -0.3 is 10.1 Å². The largest absolute Gasteiger partial charge is 0.464 e. The molecule has 1 saturated heterocycles. The topological polar surface area (TPSA) is 38.3 Å². The zero-order chi connectivity index (χ0) is 9.68. The molecule has 3 nitrogen and oxygen atoms in total. The Hall–Kier alpha value is -0.220. The number of carbonyl (C=O) groups is 1. The number of ether oxygens (including phenoxy) is 1. The van der Waals surface area contributed by atoms with Crippen LogP contribution in [0.3, 0.4) is 0 Å². The third-order valence-electron chi connectivity index (χ3n) is 2.17. The number of carbonyl (C=O) groups excluding carboxylic acids is 1. The summed E-state index contributed by atoms with van der Waals surface area (Å²) in [5.41, 5.74) is 0. The molecule has 0 aromatic rings. The number of thiol groups is 1. The number of hydrogen-bond donors (Lipinski definition) is 2. The predicted octanol–water partition coefficient (Wildman–Crippen LogP) is 0.847. The van der Waals surface area contributed by atoms with Crippen LogP contribution < -0.4 is 5.32 Å². The van der Waals surface area contributed by atoms with Crippen molar-refractivity contribution >= 4 is 18.6 Å². The first-order valence-corrected chi connectivity index (χ1v) is 5.38. The molecular weight excluding hydrogens is 186 g/mol. The fourth-order valence-electron chi connectivity index (χ4n) is 1.26. The Balaban J connectivity index is 2.16. The molecule has 13 heavy (non-hydrogen) atoms. The quantitative estimate of drug-likeness (QED) is 0.525. The molecule has 0 aliphatic carbocycles. The highest BCUT2D eigenvalue weighted by atomic mass is 32.1. The van der Waals surface area contributed by atoms with Crippen LogP contribution in [0.5, 0.6) is 0 Å². The average molecular weight is 203 g/mol. The number of rotatable bonds is 4. The van der Waals surface area contributed by atoms with Crippen molar-refractivity contribution in [3.63, 3.8) is 0 Å². The van der Waals surface area contributed by atoms with Gasteiger partial charge in [0.15, 0.2) is 0 Å². The van der Waals surface area contributed by atoms with E-state index in [1.54, 1.807) is 0 Å². The van der Waals surface area contributed by atoms with E-state index >= 15 is 0 Å². The number of hydrogen-bond acceptors (Lipinski definition) is 4. The Morgan fingerprint density at radius 3 is 3.08 bits per heavy atom. The molecule has 1 rings (SSSR count). The van der Waals surface area contributed by atoms with Gasteiger partial charge in [0.2, 0.25) is 0 Å². The lowest BCUT2D eigenvalue weighted by Crippen LogP contribution is -2.33. The van der Waals surface area contributed by atoms with Gasteiger partial charge in [0.1, 0.15) is 6.04 Å². The van der Waals surface area contributed by atoms with Crippen LogP contribution in [0.25, 0.3) is 0 Å². The number of nitrogens with one attached hydrogen (secondary N) is 1. The first kappa shape index (κ1) is 10.9. The maximum Gasteiger partial charge on any atom is 0.323 e. The van der Waals surface area contributed by atoms with E-state index < -0.39 is 0 Å². The van der Waals surface area contributed by atoms with Gasteiger partial charge >= 0.3 is 5.97 Å². The van der Waals surface area contributed by atoms with Gasteiger partial charge in [-0.3, -0.25) is 4.79 Å². The Bertz CT molecular complexity index is 169. The number of esters is 1. The van der Waals surface area contributed by atoms with Crippen molar-refractivity contribution in [2.75, 3.05) is 18.9 Å². The smallest absolute Gasteiger partial charge is 0.323 e. The van der Waals surface area contributed by atoms with Crippen LogP contribution in [0.1, 0.15) is 19.8 Å². The molecule has 4 heteroatoms. The van der Waals surface area contributed by atoms with E-state index in [0.29, 0.717) is 12.5 Å². The molecule has 0 aromatic carbocycles. The zero-order valence-corrected chi connectivity index (χ0v) is 8.85. The first-order chi connectivity index (χ1) is 6.24. The highest BCUT2D eigenvalue weighted by molar-refractivity contribution is 7.80. The SMILES string of the molecule is CC(CS)COC(=O)[C@@H]1CCCN1. The molecule has 0 radical (unpaired) electrons. The van der Waals surface area contributed by atoms with Crippen LogP contribution in [0, 0.1) is 5.92 Å². The summed E-state index contributed by atoms with van der Waals surface area (Å²) in [4.78, 5) is 11.4. The minimum atomic E-state index is -0.105. The lowest BCUT2D eigenvalue weighted by Gasteiger charge is -2.12. The van der Waals surface area contributed by atoms with E-state index in [1.807, 2.05) is 6.92 Å². The molecule has 1 N–H and O–H groups in total. The normalized spacial score (nSPS) is 24.3. The maximum atomic E-state index is 11.4. The molecule has 1 fully saturated rings. The van der Waals surface area contributed by atoms with Crippen molar-refractivity contribution in [1.29, 1.82) is 0 Å². The van der Waals surface area contributed by atoms with Crippen molar-refractivity contribution in [2.24, 2.45) is 5.92 Å². The summed E-state index contributed by atoms with van der Waals surface area (Å²) >= 11 is 4.12. The highest BCUT2D eigenvalue weighted by Crippen LogP contribution is 2.07. The molecule has 0 amide bonds. The summed E-state index contributed by atoms with van der Waals surface area (Å²) in [6.07, 6.45) is 1.98. The molecule has 0 bridgehead atoms. The van der Waals surface area contributed by atoms with Crippen LogP contribution in [0.4, 0.5) is 0 Å². The Morgan fingerprint density at radius 2 is 2.54 bits per heavy atom. The lowest BCUT2D eigenvalue weighted by atomic mass is 10.2. The highest BCUT2D eigenvalue weighted by Gasteiger charge is 2.23. The van der Waals surface area contributed by atoms with E-state index in [2.05, 4.69) is 17.9 Å². The molecule has 1 unspecified atom stereocenters. The second kappa shape index (κ2) is 5.50. The van der Waals surface area contributed by atoms with Gasteiger partial charge in [-0.05, 0) is 31.1 Å². The molecule has 1 aliphatic rings. The van der Waals surface area contributed by atoms with Gasteiger partial charge in [-0.25, -0.2) is 0 Å². The third-order valence-corrected chi connectivity index (χ3v) is 2.79. The van der Waals surface area contributed by atoms with E-state index in [4.69, 9.17) is 4.74 Å². The summed E-state index contributed by atoms with van der Waals surface area (Å²) in [6.45, 7) is 3.44. The summed E-state index contributed by atoms with van der Waals surface area (Å²) in [5, 5.41) is 3.10. The first-order valence-electron chi connectivity index (χ1n) is 4.75. The van der Waals surface area contributed by atoms with Gasteiger partial charge in [-0.2, -0.15) is 12.6 Å². The zero-order valence-electron chi connectivity index (χ0n) is 7.95. The second-order valence-corrected chi connectivity index (χ2v) is 3.93. The summed E-state index contributed by atoms with van der Waals surface area (Å²) in [7, 11) is 0. The van der Waals surface area contributed by atoms with Crippen LogP contribution in [-0.2, 0) is 9.53 Å². The van der Waals surface area contributed by atoms with Gasteiger partial charge in [0.05, 0.1) is 6.61 Å². The van der Waals surface area contributed by atoms with Crippen molar-refractivity contribution < 1.29 is 9.53 Å². The standard InChI is InChI=1S/C9H17NO2S/c1-7(6-13)5-12-9(11)8-3-2-4-10-8/h7-8,10,13H,2-6H2,1H3/t7?,8-/m0/s1. The van der Waals surface area contributed by atoms with E-state index in [1.165, 1.54) is 0 Å². The fraction of sp³-hybridized carbons (Fsp3) is 0.889. The molecule has 0 aromatic heterocycles. The summed E-state index contributed by atoms with van der Waals surface area (Å²) in [5.74, 6) is 0.991. The summed E-state index contributed by atoms with van der Waals surface area (Å²) < 4.78 is 5.13. The van der Waals surface area contributed by atoms with Crippen LogP contribution in [0.2, 0.25) is 0 Å². The molecule has 76 valence electrons. The van der Waals surface area contributed by atoms with Gasteiger partial charge in [0.25, 0.3) is 0 Å². The predicted molar refractivity (Wildman–Crippen MR) is 55.0 cm³/mol. The monoisotopic (exact) mass is 203 g/mol. The second-order valence-electron chi connectivity index (χ2n) is 3.57. The van der Waals surface area contributed by atoms with Crippen molar-refractivity contribution in [3.05, 3.63) is 0 Å². The Morgan fingerprint density at radius 1 is 1.77 bits per heavy atom. The molecule has 2 atom stereocenters. The minimum absolute atomic E-state index is 0.0629. The molecule has 0 spiro atoms. The summed E-state index contributed by atoms with van der Waals surface area (Å²) in [6, 6.07) is -0.0629. The third kappa shape index (κ3) is 3.56. The van der Waals surface area contributed by atoms with Crippen LogP contribution in [-0.4, -0.2) is 30.9 Å². The molecule has 1 heterocycles. The Kier molecular flexibility index (Phi) is 4.59. The Labute approximate surface area is 84.6 Å². The average Bonchev–Trinajstić information content (AvgIpc) is 2.66. The van der Waals surface area contributed by atoms with Crippen molar-refractivity contribution in [1.82, 2.24) is 5.32 Å². The van der Waals surface area contributed by atoms with Crippen LogP contribution >= 0.6 is 12.6 Å². The van der Waals surface area contributed by atoms with E-state index in [-0.39, 0.29) is 12.0 Å². The molecule has 1 aliphatic heterocycles. The van der Waals surface area contributed by atoms with Gasteiger partial charge in [-0.15, -0.1) is 0 Å². The van der Waals surface area contributed by atoms with Crippen molar-refractivity contribution in [3.8, 4) is 0 Å².